The molecule has 0 radical (unpaired) electrons. The third-order valence-electron chi connectivity index (χ3n) is 1.48. The van der Waals surface area contributed by atoms with Crippen LogP contribution in [0, 0.1) is 0 Å². The molecule has 1 aromatic rings. The first-order chi connectivity index (χ1) is 6.09. The van der Waals surface area contributed by atoms with Gasteiger partial charge in [-0.2, -0.15) is 0 Å². The summed E-state index contributed by atoms with van der Waals surface area (Å²) in [5.74, 6) is -0.121. The molecule has 0 fully saturated rings. The van der Waals surface area contributed by atoms with Crippen molar-refractivity contribution in [3.05, 3.63) is 20.8 Å². The summed E-state index contributed by atoms with van der Waals surface area (Å²) in [6.45, 7) is 2.22. The molecule has 1 heterocycles. The van der Waals surface area contributed by atoms with E-state index >= 15 is 0 Å². The number of amides is 1. The van der Waals surface area contributed by atoms with Crippen molar-refractivity contribution in [1.29, 1.82) is 0 Å². The number of carbonyl (C=O) groups excluding carboxylic acids is 1. The fourth-order valence-corrected chi connectivity index (χ4v) is 2.20. The summed E-state index contributed by atoms with van der Waals surface area (Å²) < 4.78 is 1.07. The van der Waals surface area contributed by atoms with Crippen LogP contribution < -0.4 is 11.1 Å². The molecular weight excluding hydrogens is 252 g/mol. The molecule has 5 heteroatoms. The zero-order valence-corrected chi connectivity index (χ0v) is 9.61. The van der Waals surface area contributed by atoms with Crippen LogP contribution >= 0.6 is 27.3 Å². The van der Waals surface area contributed by atoms with E-state index in [-0.39, 0.29) is 5.91 Å². The molecule has 0 saturated heterocycles. The number of rotatable bonds is 3. The maximum atomic E-state index is 11.1. The normalized spacial score (nSPS) is 12.5. The van der Waals surface area contributed by atoms with Crippen LogP contribution in [0.2, 0.25) is 0 Å². The van der Waals surface area contributed by atoms with Gasteiger partial charge in [0, 0.05) is 4.88 Å². The number of carbonyl (C=O) groups is 1. The molecule has 1 aromatic heterocycles. The van der Waals surface area contributed by atoms with Crippen molar-refractivity contribution in [2.24, 2.45) is 5.73 Å². The molecule has 1 atom stereocenters. The second-order valence-corrected chi connectivity index (χ2v) is 5.26. The fraction of sp³-hybridized carbons (Fsp3) is 0.375. The number of nitrogens with two attached hydrogens (primary N) is 1. The fourth-order valence-electron chi connectivity index (χ4n) is 0.782. The summed E-state index contributed by atoms with van der Waals surface area (Å²) in [6.07, 6.45) is 0. The Morgan fingerprint density at radius 3 is 2.92 bits per heavy atom. The molecule has 1 rings (SSSR count). The van der Waals surface area contributed by atoms with Crippen LogP contribution in [0.4, 0.5) is 0 Å². The van der Waals surface area contributed by atoms with Crippen molar-refractivity contribution < 1.29 is 4.79 Å². The summed E-state index contributed by atoms with van der Waals surface area (Å²) in [6, 6.07) is 3.48. The van der Waals surface area contributed by atoms with E-state index in [1.165, 1.54) is 0 Å². The Hall–Kier alpha value is -0.390. The van der Waals surface area contributed by atoms with E-state index in [2.05, 4.69) is 21.2 Å². The third-order valence-corrected chi connectivity index (χ3v) is 3.10. The van der Waals surface area contributed by atoms with Gasteiger partial charge in [0.2, 0.25) is 5.91 Å². The maximum Gasteiger partial charge on any atom is 0.236 e. The van der Waals surface area contributed by atoms with E-state index in [9.17, 15) is 4.79 Å². The molecule has 3 N–H and O–H groups in total. The average Bonchev–Trinajstić information content (AvgIpc) is 2.47. The second-order valence-electron chi connectivity index (χ2n) is 2.71. The minimum absolute atomic E-state index is 0.121. The highest BCUT2D eigenvalue weighted by Crippen LogP contribution is 2.21. The first kappa shape index (κ1) is 10.7. The summed E-state index contributed by atoms with van der Waals surface area (Å²) >= 11 is 4.95. The number of halogens is 1. The van der Waals surface area contributed by atoms with Crippen LogP contribution in [-0.2, 0) is 11.3 Å². The van der Waals surface area contributed by atoms with Crippen molar-refractivity contribution in [2.45, 2.75) is 19.5 Å². The molecule has 1 amide bonds. The molecule has 72 valence electrons. The number of hydrogen-bond donors (Lipinski definition) is 2. The Morgan fingerprint density at radius 1 is 1.77 bits per heavy atom. The van der Waals surface area contributed by atoms with Gasteiger partial charge in [-0.3, -0.25) is 4.79 Å². The SMILES string of the molecule is C[C@H](N)C(=O)NCc1ccc(Br)s1. The molecule has 0 aromatic carbocycles. The van der Waals surface area contributed by atoms with E-state index < -0.39 is 6.04 Å². The number of nitrogens with one attached hydrogen (secondary N) is 1. The van der Waals surface area contributed by atoms with Gasteiger partial charge in [-0.25, -0.2) is 0 Å². The van der Waals surface area contributed by atoms with Crippen molar-refractivity contribution in [3.8, 4) is 0 Å². The molecule has 0 spiro atoms. The molecule has 0 saturated carbocycles. The lowest BCUT2D eigenvalue weighted by Crippen LogP contribution is -2.37. The predicted molar refractivity (Wildman–Crippen MR) is 57.5 cm³/mol. The molecule has 3 nitrogen and oxygen atoms in total. The number of thiophene rings is 1. The molecule has 0 unspecified atom stereocenters. The maximum absolute atomic E-state index is 11.1. The molecule has 13 heavy (non-hydrogen) atoms. The Morgan fingerprint density at radius 2 is 2.46 bits per heavy atom. The van der Waals surface area contributed by atoms with Crippen LogP contribution in [0.3, 0.4) is 0 Å². The topological polar surface area (TPSA) is 55.1 Å². The summed E-state index contributed by atoms with van der Waals surface area (Å²) in [4.78, 5) is 12.2. The van der Waals surface area contributed by atoms with Gasteiger partial charge in [-0.15, -0.1) is 11.3 Å². The van der Waals surface area contributed by atoms with Gasteiger partial charge in [0.25, 0.3) is 0 Å². The van der Waals surface area contributed by atoms with Gasteiger partial charge < -0.3 is 11.1 Å². The van der Waals surface area contributed by atoms with Crippen LogP contribution in [0.1, 0.15) is 11.8 Å². The van der Waals surface area contributed by atoms with E-state index in [1.54, 1.807) is 18.3 Å². The monoisotopic (exact) mass is 262 g/mol. The van der Waals surface area contributed by atoms with Crippen molar-refractivity contribution in [1.82, 2.24) is 5.32 Å². The Bertz CT molecular complexity index is 298. The highest BCUT2D eigenvalue weighted by Gasteiger charge is 2.06. The van der Waals surface area contributed by atoms with Crippen molar-refractivity contribution >= 4 is 33.2 Å². The van der Waals surface area contributed by atoms with Crippen LogP contribution in [0.5, 0.6) is 0 Å². The Balaban J connectivity index is 2.39. The first-order valence-electron chi connectivity index (χ1n) is 3.87. The standard InChI is InChI=1S/C8H11BrN2OS/c1-5(10)8(12)11-4-6-2-3-7(9)13-6/h2-3,5H,4,10H2,1H3,(H,11,12)/t5-/m0/s1. The smallest absolute Gasteiger partial charge is 0.236 e. The lowest BCUT2D eigenvalue weighted by atomic mass is 10.3. The van der Waals surface area contributed by atoms with Gasteiger partial charge in [0.1, 0.15) is 0 Å². The number of hydrogen-bond acceptors (Lipinski definition) is 3. The van der Waals surface area contributed by atoms with Gasteiger partial charge in [-0.05, 0) is 35.0 Å². The molecule has 0 bridgehead atoms. The lowest BCUT2D eigenvalue weighted by Gasteiger charge is -2.05. The van der Waals surface area contributed by atoms with Gasteiger partial charge >= 0.3 is 0 Å². The van der Waals surface area contributed by atoms with Crippen LogP contribution in [0.25, 0.3) is 0 Å². The summed E-state index contributed by atoms with van der Waals surface area (Å²) in [5.41, 5.74) is 5.39. The average molecular weight is 263 g/mol. The quantitative estimate of drug-likeness (QED) is 0.867. The summed E-state index contributed by atoms with van der Waals surface area (Å²) in [5, 5.41) is 2.74. The van der Waals surface area contributed by atoms with E-state index in [4.69, 9.17) is 5.73 Å². The molecule has 0 aliphatic rings. The molecule has 0 aliphatic heterocycles. The van der Waals surface area contributed by atoms with Gasteiger partial charge in [0.15, 0.2) is 0 Å². The minimum Gasteiger partial charge on any atom is -0.350 e. The predicted octanol–water partition coefficient (Wildman–Crippen LogP) is 1.47. The van der Waals surface area contributed by atoms with Crippen molar-refractivity contribution in [3.63, 3.8) is 0 Å². The zero-order chi connectivity index (χ0) is 9.84. The second kappa shape index (κ2) is 4.74. The first-order valence-corrected chi connectivity index (χ1v) is 5.48. The Labute approximate surface area is 89.5 Å². The lowest BCUT2D eigenvalue weighted by molar-refractivity contribution is -0.122. The highest BCUT2D eigenvalue weighted by molar-refractivity contribution is 9.11. The largest absolute Gasteiger partial charge is 0.350 e. The zero-order valence-electron chi connectivity index (χ0n) is 7.21. The van der Waals surface area contributed by atoms with Crippen molar-refractivity contribution in [2.75, 3.05) is 0 Å². The molecular formula is C8H11BrN2OS. The van der Waals surface area contributed by atoms with Gasteiger partial charge in [0.05, 0.1) is 16.4 Å². The highest BCUT2D eigenvalue weighted by atomic mass is 79.9. The van der Waals surface area contributed by atoms with E-state index in [0.717, 1.165) is 8.66 Å². The van der Waals surface area contributed by atoms with E-state index in [0.29, 0.717) is 6.54 Å². The van der Waals surface area contributed by atoms with Crippen LogP contribution in [-0.4, -0.2) is 11.9 Å². The minimum atomic E-state index is -0.441. The summed E-state index contributed by atoms with van der Waals surface area (Å²) in [7, 11) is 0. The van der Waals surface area contributed by atoms with Crippen LogP contribution in [0.15, 0.2) is 15.9 Å². The Kier molecular flexibility index (Phi) is 3.90. The van der Waals surface area contributed by atoms with E-state index in [1.807, 2.05) is 12.1 Å². The molecule has 0 aliphatic carbocycles. The third kappa shape index (κ3) is 3.46. The van der Waals surface area contributed by atoms with Gasteiger partial charge in [-0.1, -0.05) is 0 Å².